The van der Waals surface area contributed by atoms with Crippen molar-refractivity contribution in [3.63, 3.8) is 0 Å². The van der Waals surface area contributed by atoms with Gasteiger partial charge in [0.05, 0.1) is 5.56 Å². The first kappa shape index (κ1) is 14.5. The Morgan fingerprint density at radius 3 is 2.72 bits per heavy atom. The summed E-state index contributed by atoms with van der Waals surface area (Å²) in [5.41, 5.74) is 0.306. The molecule has 0 aliphatic rings. The number of carbonyl (C=O) groups is 1. The molecule has 0 aromatic carbocycles. The van der Waals surface area contributed by atoms with Crippen LogP contribution in [0.3, 0.4) is 0 Å². The zero-order valence-electron chi connectivity index (χ0n) is 11.2. The van der Waals surface area contributed by atoms with Crippen molar-refractivity contribution < 1.29 is 4.79 Å². The maximum Gasteiger partial charge on any atom is 0.252 e. The van der Waals surface area contributed by atoms with Crippen LogP contribution < -0.4 is 10.9 Å². The first-order valence-electron chi connectivity index (χ1n) is 6.64. The molecule has 1 atom stereocenters. The molecule has 0 saturated carbocycles. The highest BCUT2D eigenvalue weighted by atomic mass is 16.1. The predicted molar refractivity (Wildman–Crippen MR) is 72.7 cm³/mol. The second-order valence-electron chi connectivity index (χ2n) is 4.57. The van der Waals surface area contributed by atoms with Crippen molar-refractivity contribution in [2.24, 2.45) is 5.92 Å². The summed E-state index contributed by atoms with van der Waals surface area (Å²) >= 11 is 0. The quantitative estimate of drug-likeness (QED) is 0.780. The molecule has 18 heavy (non-hydrogen) atoms. The summed E-state index contributed by atoms with van der Waals surface area (Å²) in [6.07, 6.45) is 6.06. The van der Waals surface area contributed by atoms with Crippen LogP contribution in [0, 0.1) is 5.92 Å². The molecule has 1 unspecified atom stereocenters. The first-order chi connectivity index (χ1) is 8.67. The Morgan fingerprint density at radius 1 is 1.39 bits per heavy atom. The van der Waals surface area contributed by atoms with Gasteiger partial charge >= 0.3 is 0 Å². The number of hydrogen-bond acceptors (Lipinski definition) is 2. The van der Waals surface area contributed by atoms with Gasteiger partial charge in [0.25, 0.3) is 5.91 Å². The number of nitrogens with one attached hydrogen (secondary N) is 2. The summed E-state index contributed by atoms with van der Waals surface area (Å²) < 4.78 is 0. The van der Waals surface area contributed by atoms with Gasteiger partial charge in [-0.3, -0.25) is 9.59 Å². The van der Waals surface area contributed by atoms with Crippen LogP contribution in [0.4, 0.5) is 0 Å². The molecule has 0 radical (unpaired) electrons. The summed E-state index contributed by atoms with van der Waals surface area (Å²) in [4.78, 5) is 25.2. The number of amides is 1. The minimum Gasteiger partial charge on any atom is -0.352 e. The molecule has 4 heteroatoms. The number of aromatic nitrogens is 1. The van der Waals surface area contributed by atoms with Crippen molar-refractivity contribution >= 4 is 5.91 Å². The summed E-state index contributed by atoms with van der Waals surface area (Å²) in [5, 5.41) is 2.92. The fourth-order valence-electron chi connectivity index (χ4n) is 1.83. The SMILES string of the molecule is CCCCC(CC)CNC(=O)c1ccc(=O)[nH]c1. The second kappa shape index (κ2) is 7.69. The molecule has 0 bridgehead atoms. The van der Waals surface area contributed by atoms with Gasteiger partial charge in [-0.2, -0.15) is 0 Å². The van der Waals surface area contributed by atoms with Crippen LogP contribution in [-0.4, -0.2) is 17.4 Å². The van der Waals surface area contributed by atoms with E-state index in [1.54, 1.807) is 6.07 Å². The van der Waals surface area contributed by atoms with Crippen LogP contribution in [0.2, 0.25) is 0 Å². The Hall–Kier alpha value is -1.58. The van der Waals surface area contributed by atoms with Gasteiger partial charge in [0.2, 0.25) is 5.56 Å². The highest BCUT2D eigenvalue weighted by Crippen LogP contribution is 2.11. The van der Waals surface area contributed by atoms with Gasteiger partial charge in [-0.15, -0.1) is 0 Å². The molecule has 1 heterocycles. The number of hydrogen-bond donors (Lipinski definition) is 2. The van der Waals surface area contributed by atoms with E-state index in [0.29, 0.717) is 18.0 Å². The normalized spacial score (nSPS) is 12.1. The molecule has 1 aromatic heterocycles. The molecule has 0 aliphatic heterocycles. The molecule has 0 aliphatic carbocycles. The first-order valence-corrected chi connectivity index (χ1v) is 6.64. The zero-order valence-corrected chi connectivity index (χ0v) is 11.2. The molecule has 0 saturated heterocycles. The van der Waals surface area contributed by atoms with Gasteiger partial charge in [-0.25, -0.2) is 0 Å². The van der Waals surface area contributed by atoms with E-state index >= 15 is 0 Å². The number of rotatable bonds is 7. The Bertz CT molecular complexity index is 406. The van der Waals surface area contributed by atoms with Crippen LogP contribution in [-0.2, 0) is 0 Å². The lowest BCUT2D eigenvalue weighted by Gasteiger charge is -2.15. The van der Waals surface area contributed by atoms with E-state index in [2.05, 4.69) is 24.1 Å². The Kier molecular flexibility index (Phi) is 6.19. The maximum atomic E-state index is 11.8. The monoisotopic (exact) mass is 250 g/mol. The molecule has 0 spiro atoms. The summed E-state index contributed by atoms with van der Waals surface area (Å²) in [6.45, 7) is 5.02. The third-order valence-electron chi connectivity index (χ3n) is 3.14. The Labute approximate surface area is 108 Å². The van der Waals surface area contributed by atoms with Crippen molar-refractivity contribution in [2.75, 3.05) is 6.54 Å². The van der Waals surface area contributed by atoms with Crippen LogP contribution in [0.1, 0.15) is 49.9 Å². The number of unbranched alkanes of at least 4 members (excludes halogenated alkanes) is 1. The second-order valence-corrected chi connectivity index (χ2v) is 4.57. The average molecular weight is 250 g/mol. The fraction of sp³-hybridized carbons (Fsp3) is 0.571. The minimum atomic E-state index is -0.194. The van der Waals surface area contributed by atoms with Crippen molar-refractivity contribution in [1.29, 1.82) is 0 Å². The third-order valence-corrected chi connectivity index (χ3v) is 3.14. The van der Waals surface area contributed by atoms with Crippen molar-refractivity contribution in [3.05, 3.63) is 34.2 Å². The van der Waals surface area contributed by atoms with E-state index in [0.717, 1.165) is 12.8 Å². The third kappa shape index (κ3) is 4.73. The molecular weight excluding hydrogens is 228 g/mol. The topological polar surface area (TPSA) is 62.0 Å². The number of carbonyl (C=O) groups excluding carboxylic acids is 1. The largest absolute Gasteiger partial charge is 0.352 e. The molecule has 2 N–H and O–H groups in total. The summed E-state index contributed by atoms with van der Waals surface area (Å²) in [5.74, 6) is 0.415. The van der Waals surface area contributed by atoms with Gasteiger partial charge in [-0.05, 0) is 18.4 Å². The van der Waals surface area contributed by atoms with Crippen molar-refractivity contribution in [3.8, 4) is 0 Å². The fourth-order valence-corrected chi connectivity index (χ4v) is 1.83. The van der Waals surface area contributed by atoms with Gasteiger partial charge in [0.15, 0.2) is 0 Å². The molecule has 4 nitrogen and oxygen atoms in total. The van der Waals surface area contributed by atoms with E-state index in [1.165, 1.54) is 25.1 Å². The van der Waals surface area contributed by atoms with E-state index in [4.69, 9.17) is 0 Å². The van der Waals surface area contributed by atoms with E-state index < -0.39 is 0 Å². The standard InChI is InChI=1S/C14H22N2O2/c1-3-5-6-11(4-2)9-16-14(18)12-7-8-13(17)15-10-12/h7-8,10-11H,3-6,9H2,1-2H3,(H,15,17)(H,16,18). The number of H-pyrrole nitrogens is 1. The van der Waals surface area contributed by atoms with Crippen molar-refractivity contribution in [2.45, 2.75) is 39.5 Å². The van der Waals surface area contributed by atoms with Crippen LogP contribution >= 0.6 is 0 Å². The lowest BCUT2D eigenvalue weighted by atomic mass is 9.99. The number of aromatic amines is 1. The van der Waals surface area contributed by atoms with E-state index in [-0.39, 0.29) is 11.5 Å². The van der Waals surface area contributed by atoms with Crippen LogP contribution in [0.5, 0.6) is 0 Å². The highest BCUT2D eigenvalue weighted by molar-refractivity contribution is 5.93. The van der Waals surface area contributed by atoms with Crippen LogP contribution in [0.15, 0.2) is 23.1 Å². The number of pyridine rings is 1. The van der Waals surface area contributed by atoms with Crippen molar-refractivity contribution in [1.82, 2.24) is 10.3 Å². The Morgan fingerprint density at radius 2 is 2.17 bits per heavy atom. The molecule has 100 valence electrons. The van der Waals surface area contributed by atoms with Gasteiger partial charge in [0, 0.05) is 18.8 Å². The van der Waals surface area contributed by atoms with Gasteiger partial charge in [-0.1, -0.05) is 33.1 Å². The molecule has 0 fully saturated rings. The highest BCUT2D eigenvalue weighted by Gasteiger charge is 2.09. The lowest BCUT2D eigenvalue weighted by Crippen LogP contribution is -2.29. The van der Waals surface area contributed by atoms with Gasteiger partial charge < -0.3 is 10.3 Å². The summed E-state index contributed by atoms with van der Waals surface area (Å²) in [7, 11) is 0. The molecule has 1 aromatic rings. The van der Waals surface area contributed by atoms with Gasteiger partial charge in [0.1, 0.15) is 0 Å². The zero-order chi connectivity index (χ0) is 13.4. The maximum absolute atomic E-state index is 11.8. The molecular formula is C14H22N2O2. The van der Waals surface area contributed by atoms with Crippen LogP contribution in [0.25, 0.3) is 0 Å². The Balaban J connectivity index is 2.44. The predicted octanol–water partition coefficient (Wildman–Crippen LogP) is 2.32. The van der Waals surface area contributed by atoms with E-state index in [9.17, 15) is 9.59 Å². The van der Waals surface area contributed by atoms with E-state index in [1.807, 2.05) is 0 Å². The lowest BCUT2D eigenvalue weighted by molar-refractivity contribution is 0.0945. The summed E-state index contributed by atoms with van der Waals surface area (Å²) in [6, 6.07) is 2.91. The minimum absolute atomic E-state index is 0.124. The average Bonchev–Trinajstić information content (AvgIpc) is 2.39. The molecule has 1 amide bonds. The smallest absolute Gasteiger partial charge is 0.252 e. The molecule has 1 rings (SSSR count).